The monoisotopic (exact) mass is 289 g/mol. The van der Waals surface area contributed by atoms with Crippen LogP contribution in [0.4, 0.5) is 0 Å². The minimum Gasteiger partial charge on any atom is -0.462 e. The van der Waals surface area contributed by atoms with E-state index in [9.17, 15) is 19.5 Å². The molecule has 116 valence electrons. The van der Waals surface area contributed by atoms with Crippen molar-refractivity contribution in [1.82, 2.24) is 5.32 Å². The van der Waals surface area contributed by atoms with Crippen molar-refractivity contribution in [1.29, 1.82) is 0 Å². The van der Waals surface area contributed by atoms with Crippen molar-refractivity contribution in [3.05, 3.63) is 0 Å². The first kappa shape index (κ1) is 18.4. The third kappa shape index (κ3) is 5.56. The largest absolute Gasteiger partial charge is 0.462 e. The summed E-state index contributed by atoms with van der Waals surface area (Å²) in [6.07, 6.45) is 0.559. The molecule has 7 heteroatoms. The van der Waals surface area contributed by atoms with Gasteiger partial charge in [0.15, 0.2) is 0 Å². The maximum absolute atomic E-state index is 11.9. The van der Waals surface area contributed by atoms with E-state index in [0.29, 0.717) is 6.42 Å². The Kier molecular flexibility index (Phi) is 6.64. The van der Waals surface area contributed by atoms with Crippen LogP contribution in [0.15, 0.2) is 0 Å². The molecule has 1 atom stereocenters. The van der Waals surface area contributed by atoms with Crippen LogP contribution in [-0.4, -0.2) is 40.9 Å². The molecule has 0 aromatic carbocycles. The van der Waals surface area contributed by atoms with E-state index in [-0.39, 0.29) is 13.0 Å². The number of carbonyl (C=O) groups excluding carboxylic acids is 3. The minimum atomic E-state index is -2.82. The zero-order chi connectivity index (χ0) is 16.0. The summed E-state index contributed by atoms with van der Waals surface area (Å²) >= 11 is 0. The highest BCUT2D eigenvalue weighted by molar-refractivity contribution is 6.05. The fourth-order valence-electron chi connectivity index (χ4n) is 1.26. The summed E-state index contributed by atoms with van der Waals surface area (Å²) in [6.45, 7) is 7.93. The first-order chi connectivity index (χ1) is 9.06. The van der Waals surface area contributed by atoms with Gasteiger partial charge < -0.3 is 19.9 Å². The summed E-state index contributed by atoms with van der Waals surface area (Å²) in [5.74, 6) is -3.18. The molecule has 0 radical (unpaired) electrons. The van der Waals surface area contributed by atoms with Gasteiger partial charge >= 0.3 is 17.7 Å². The number of ether oxygens (including phenoxy) is 2. The highest BCUT2D eigenvalue weighted by Gasteiger charge is 2.50. The van der Waals surface area contributed by atoms with Crippen molar-refractivity contribution < 1.29 is 29.0 Å². The highest BCUT2D eigenvalue weighted by Crippen LogP contribution is 2.15. The SMILES string of the molecule is CCCC(=O)NC(O)(C(=O)OCC)C(=O)OC(C)(C)C. The first-order valence-electron chi connectivity index (χ1n) is 6.50. The molecule has 0 aliphatic rings. The topological polar surface area (TPSA) is 102 Å². The van der Waals surface area contributed by atoms with Gasteiger partial charge in [0.2, 0.25) is 5.91 Å². The van der Waals surface area contributed by atoms with E-state index >= 15 is 0 Å². The molecule has 0 aliphatic carbocycles. The Morgan fingerprint density at radius 3 is 2.05 bits per heavy atom. The summed E-state index contributed by atoms with van der Waals surface area (Å²) < 4.78 is 9.56. The van der Waals surface area contributed by atoms with E-state index in [0.717, 1.165) is 0 Å². The highest BCUT2D eigenvalue weighted by atomic mass is 16.6. The molecule has 0 saturated heterocycles. The molecule has 1 unspecified atom stereocenters. The van der Waals surface area contributed by atoms with Crippen molar-refractivity contribution in [2.45, 2.75) is 58.8 Å². The van der Waals surface area contributed by atoms with Crippen molar-refractivity contribution in [3.8, 4) is 0 Å². The summed E-state index contributed by atoms with van der Waals surface area (Å²) in [5.41, 5.74) is -3.75. The lowest BCUT2D eigenvalue weighted by Gasteiger charge is -2.28. The van der Waals surface area contributed by atoms with Crippen molar-refractivity contribution in [2.24, 2.45) is 0 Å². The average molecular weight is 289 g/mol. The molecule has 0 aromatic rings. The van der Waals surface area contributed by atoms with Gasteiger partial charge in [0.25, 0.3) is 0 Å². The lowest BCUT2D eigenvalue weighted by atomic mass is 10.1. The normalized spacial score (nSPS) is 14.1. The van der Waals surface area contributed by atoms with Crippen molar-refractivity contribution >= 4 is 17.8 Å². The Hall–Kier alpha value is -1.63. The Morgan fingerprint density at radius 2 is 1.65 bits per heavy atom. The van der Waals surface area contributed by atoms with Crippen LogP contribution in [0, 0.1) is 0 Å². The average Bonchev–Trinajstić information content (AvgIpc) is 2.26. The van der Waals surface area contributed by atoms with E-state index in [2.05, 4.69) is 4.74 Å². The zero-order valence-electron chi connectivity index (χ0n) is 12.6. The van der Waals surface area contributed by atoms with Gasteiger partial charge in [-0.15, -0.1) is 0 Å². The molecule has 0 rings (SSSR count). The molecule has 0 bridgehead atoms. The standard InChI is InChI=1S/C13H23NO6/c1-6-8-9(15)14-13(18,10(16)19-7-2)11(17)20-12(3,4)5/h18H,6-8H2,1-5H3,(H,14,15). The van der Waals surface area contributed by atoms with E-state index in [1.54, 1.807) is 27.7 Å². The Morgan fingerprint density at radius 1 is 1.10 bits per heavy atom. The molecule has 7 nitrogen and oxygen atoms in total. The van der Waals surface area contributed by atoms with Crippen LogP contribution in [0.3, 0.4) is 0 Å². The maximum Gasteiger partial charge on any atom is 0.372 e. The van der Waals surface area contributed by atoms with Crippen LogP contribution < -0.4 is 5.32 Å². The summed E-state index contributed by atoms with van der Waals surface area (Å²) in [5, 5.41) is 12.1. The van der Waals surface area contributed by atoms with Gasteiger partial charge in [0.05, 0.1) is 6.61 Å². The first-order valence-corrected chi connectivity index (χ1v) is 6.50. The fraction of sp³-hybridized carbons (Fsp3) is 0.769. The molecule has 2 N–H and O–H groups in total. The van der Waals surface area contributed by atoms with Gasteiger partial charge in [-0.25, -0.2) is 9.59 Å². The van der Waals surface area contributed by atoms with Gasteiger partial charge in [0, 0.05) is 6.42 Å². The van der Waals surface area contributed by atoms with Gasteiger partial charge in [-0.05, 0) is 34.1 Å². The third-order valence-corrected chi connectivity index (χ3v) is 2.06. The van der Waals surface area contributed by atoms with Crippen molar-refractivity contribution in [2.75, 3.05) is 6.61 Å². The Labute approximate surface area is 118 Å². The fourth-order valence-corrected chi connectivity index (χ4v) is 1.26. The predicted octanol–water partition coefficient (Wildman–Crippen LogP) is 0.496. The Bertz CT molecular complexity index is 374. The number of amides is 1. The number of carbonyl (C=O) groups is 3. The van der Waals surface area contributed by atoms with Crippen LogP contribution in [0.1, 0.15) is 47.5 Å². The molecule has 1 amide bonds. The molecular formula is C13H23NO6. The second kappa shape index (κ2) is 7.23. The molecule has 0 saturated carbocycles. The number of hydrogen-bond acceptors (Lipinski definition) is 6. The Balaban J connectivity index is 5.19. The number of nitrogens with one attached hydrogen (secondary N) is 1. The van der Waals surface area contributed by atoms with Gasteiger partial charge in [-0.3, -0.25) is 4.79 Å². The van der Waals surface area contributed by atoms with Crippen molar-refractivity contribution in [3.63, 3.8) is 0 Å². The van der Waals surface area contributed by atoms with Gasteiger partial charge in [-0.2, -0.15) is 0 Å². The van der Waals surface area contributed by atoms with Crippen LogP contribution in [0.25, 0.3) is 0 Å². The van der Waals surface area contributed by atoms with E-state index in [4.69, 9.17) is 4.74 Å². The molecule has 0 spiro atoms. The molecule has 0 heterocycles. The smallest absolute Gasteiger partial charge is 0.372 e. The summed E-state index contributed by atoms with van der Waals surface area (Å²) in [4.78, 5) is 35.2. The molecular weight excluding hydrogens is 266 g/mol. The van der Waals surface area contributed by atoms with Gasteiger partial charge in [0.1, 0.15) is 5.60 Å². The molecule has 0 fully saturated rings. The number of esters is 2. The van der Waals surface area contributed by atoms with Crippen LogP contribution in [0.5, 0.6) is 0 Å². The van der Waals surface area contributed by atoms with Gasteiger partial charge in [-0.1, -0.05) is 6.92 Å². The van der Waals surface area contributed by atoms with Crippen LogP contribution in [0.2, 0.25) is 0 Å². The summed E-state index contributed by atoms with van der Waals surface area (Å²) in [7, 11) is 0. The second-order valence-corrected chi connectivity index (χ2v) is 5.23. The minimum absolute atomic E-state index is 0.0480. The van der Waals surface area contributed by atoms with Crippen LogP contribution in [-0.2, 0) is 23.9 Å². The quantitative estimate of drug-likeness (QED) is 0.419. The summed E-state index contributed by atoms with van der Waals surface area (Å²) in [6, 6.07) is 0. The number of rotatable bonds is 6. The third-order valence-electron chi connectivity index (χ3n) is 2.06. The van der Waals surface area contributed by atoms with E-state index in [1.165, 1.54) is 6.92 Å². The zero-order valence-corrected chi connectivity index (χ0v) is 12.6. The second-order valence-electron chi connectivity index (χ2n) is 5.23. The van der Waals surface area contributed by atoms with Crippen LogP contribution >= 0.6 is 0 Å². The van der Waals surface area contributed by atoms with E-state index in [1.807, 2.05) is 5.32 Å². The van der Waals surface area contributed by atoms with E-state index < -0.39 is 29.2 Å². The number of hydrogen-bond donors (Lipinski definition) is 2. The lowest BCUT2D eigenvalue weighted by Crippen LogP contribution is -2.62. The predicted molar refractivity (Wildman–Crippen MR) is 70.5 cm³/mol. The molecule has 0 aromatic heterocycles. The maximum atomic E-state index is 11.9. The molecule has 20 heavy (non-hydrogen) atoms. The number of aliphatic hydroxyl groups is 1. The lowest BCUT2D eigenvalue weighted by molar-refractivity contribution is -0.196. The molecule has 0 aliphatic heterocycles.